The minimum atomic E-state index is -1.32. The van der Waals surface area contributed by atoms with Crippen LogP contribution in [0.25, 0.3) is 22.0 Å². The summed E-state index contributed by atoms with van der Waals surface area (Å²) >= 11 is 0. The Labute approximate surface area is 141 Å². The lowest BCUT2D eigenvalue weighted by atomic mass is 9.91. The van der Waals surface area contributed by atoms with Gasteiger partial charge in [0, 0.05) is 37.3 Å². The molecule has 2 aromatic heterocycles. The van der Waals surface area contributed by atoms with Gasteiger partial charge in [0.05, 0.1) is 17.6 Å². The summed E-state index contributed by atoms with van der Waals surface area (Å²) in [6.45, 7) is 5.78. The molecule has 0 N–H and O–H groups in total. The summed E-state index contributed by atoms with van der Waals surface area (Å²) < 4.78 is 17.0. The van der Waals surface area contributed by atoms with Gasteiger partial charge in [-0.15, -0.1) is 0 Å². The Morgan fingerprint density at radius 2 is 1.92 bits per heavy atom. The van der Waals surface area contributed by atoms with Gasteiger partial charge in [-0.25, -0.2) is 9.37 Å². The van der Waals surface area contributed by atoms with Gasteiger partial charge in [-0.2, -0.15) is 0 Å². The van der Waals surface area contributed by atoms with E-state index >= 15 is 0 Å². The maximum atomic E-state index is 15.0. The molecule has 0 saturated carbocycles. The zero-order valence-corrected chi connectivity index (χ0v) is 14.3. The first-order valence-corrected chi connectivity index (χ1v) is 8.30. The molecule has 4 rings (SSSR count). The zero-order chi connectivity index (χ0) is 16.9. The second-order valence-corrected chi connectivity index (χ2v) is 6.65. The van der Waals surface area contributed by atoms with Gasteiger partial charge in [-0.3, -0.25) is 9.88 Å². The topological polar surface area (TPSA) is 34.0 Å². The van der Waals surface area contributed by atoms with Gasteiger partial charge in [-0.05, 0) is 31.0 Å². The van der Waals surface area contributed by atoms with Crippen molar-refractivity contribution in [1.29, 1.82) is 0 Å². The second-order valence-electron chi connectivity index (χ2n) is 6.65. The zero-order valence-electron chi connectivity index (χ0n) is 14.3. The van der Waals surface area contributed by atoms with E-state index in [1.165, 1.54) is 0 Å². The van der Waals surface area contributed by atoms with Crippen molar-refractivity contribution < 1.29 is 4.39 Å². The first-order valence-electron chi connectivity index (χ1n) is 8.30. The van der Waals surface area contributed by atoms with Crippen LogP contribution in [-0.2, 0) is 12.7 Å². The van der Waals surface area contributed by atoms with Crippen LogP contribution < -0.4 is 0 Å². The van der Waals surface area contributed by atoms with E-state index in [4.69, 9.17) is 0 Å². The number of pyridine rings is 1. The van der Waals surface area contributed by atoms with Crippen molar-refractivity contribution in [3.05, 3.63) is 48.2 Å². The van der Waals surface area contributed by atoms with Gasteiger partial charge in [0.25, 0.3) is 0 Å². The summed E-state index contributed by atoms with van der Waals surface area (Å²) in [6.07, 6.45) is 3.65. The molecule has 3 heterocycles. The number of fused-ring (bicyclic) bond motifs is 1. The molecular formula is C19H21FN4. The van der Waals surface area contributed by atoms with E-state index in [-0.39, 0.29) is 0 Å². The van der Waals surface area contributed by atoms with Gasteiger partial charge in [0.15, 0.2) is 5.67 Å². The van der Waals surface area contributed by atoms with Gasteiger partial charge in [0.1, 0.15) is 5.82 Å². The molecule has 124 valence electrons. The molecule has 1 saturated heterocycles. The van der Waals surface area contributed by atoms with Crippen LogP contribution in [0.5, 0.6) is 0 Å². The van der Waals surface area contributed by atoms with E-state index in [0.717, 1.165) is 34.4 Å². The number of alkyl halides is 1. The number of aryl methyl sites for hydroxylation is 1. The number of hydrogen-bond donors (Lipinski definition) is 0. The van der Waals surface area contributed by atoms with E-state index in [1.54, 1.807) is 6.20 Å². The molecular weight excluding hydrogens is 303 g/mol. The van der Waals surface area contributed by atoms with Crippen LogP contribution in [0.15, 0.2) is 36.7 Å². The van der Waals surface area contributed by atoms with Crippen molar-refractivity contribution in [2.45, 2.75) is 19.5 Å². The van der Waals surface area contributed by atoms with Crippen LogP contribution in [0.2, 0.25) is 0 Å². The third-order valence-corrected chi connectivity index (χ3v) is 5.09. The Kier molecular flexibility index (Phi) is 3.42. The Hall–Kier alpha value is -2.27. The second kappa shape index (κ2) is 5.38. The first-order chi connectivity index (χ1) is 11.5. The van der Waals surface area contributed by atoms with Crippen molar-refractivity contribution in [1.82, 2.24) is 19.4 Å². The predicted octanol–water partition coefficient (Wildman–Crippen LogP) is 3.44. The monoisotopic (exact) mass is 324 g/mol. The Bertz CT molecular complexity index is 909. The molecule has 1 aliphatic rings. The predicted molar refractivity (Wildman–Crippen MR) is 93.6 cm³/mol. The van der Waals surface area contributed by atoms with Gasteiger partial charge < -0.3 is 4.57 Å². The molecule has 0 radical (unpaired) electrons. The number of aromatic nitrogens is 3. The molecule has 3 aromatic rings. The number of halogens is 1. The molecule has 5 heteroatoms. The van der Waals surface area contributed by atoms with E-state index in [2.05, 4.69) is 38.5 Å². The van der Waals surface area contributed by atoms with Gasteiger partial charge in [0.2, 0.25) is 0 Å². The molecule has 0 spiro atoms. The van der Waals surface area contributed by atoms with E-state index < -0.39 is 5.67 Å². The van der Waals surface area contributed by atoms with E-state index in [9.17, 15) is 4.39 Å². The molecule has 1 aromatic carbocycles. The number of benzene rings is 1. The largest absolute Gasteiger partial charge is 0.331 e. The Balaban J connectivity index is 1.75. The van der Waals surface area contributed by atoms with Crippen molar-refractivity contribution in [3.63, 3.8) is 0 Å². The Morgan fingerprint density at radius 3 is 2.58 bits per heavy atom. The average Bonchev–Trinajstić information content (AvgIpc) is 2.90. The van der Waals surface area contributed by atoms with Crippen molar-refractivity contribution in [2.24, 2.45) is 7.05 Å². The molecule has 0 aliphatic carbocycles. The van der Waals surface area contributed by atoms with Crippen LogP contribution in [0.1, 0.15) is 18.4 Å². The molecule has 0 bridgehead atoms. The first kappa shape index (κ1) is 15.3. The minimum Gasteiger partial charge on any atom is -0.331 e. The standard InChI is InChI=1S/C19H21FN4/c1-4-24-11-19(20,12-24)18-8-16-7-14(5-6-15(16)9-22-18)17-10-21-13(2)23(17)3/h5-10H,4,11-12H2,1-3H3. The van der Waals surface area contributed by atoms with Crippen molar-refractivity contribution in [3.8, 4) is 11.3 Å². The molecule has 0 unspecified atom stereocenters. The lowest BCUT2D eigenvalue weighted by Gasteiger charge is -2.43. The van der Waals surface area contributed by atoms with E-state index in [0.29, 0.717) is 18.8 Å². The lowest BCUT2D eigenvalue weighted by Crippen LogP contribution is -2.56. The summed E-state index contributed by atoms with van der Waals surface area (Å²) in [4.78, 5) is 10.8. The highest BCUT2D eigenvalue weighted by Gasteiger charge is 2.45. The average molecular weight is 324 g/mol. The van der Waals surface area contributed by atoms with Crippen LogP contribution in [0.4, 0.5) is 4.39 Å². The third-order valence-electron chi connectivity index (χ3n) is 5.09. The van der Waals surface area contributed by atoms with E-state index in [1.807, 2.05) is 32.3 Å². The smallest absolute Gasteiger partial charge is 0.177 e. The lowest BCUT2D eigenvalue weighted by molar-refractivity contribution is -0.0362. The fourth-order valence-electron chi connectivity index (χ4n) is 3.36. The number of nitrogens with zero attached hydrogens (tertiary/aromatic N) is 4. The minimum absolute atomic E-state index is 0.433. The molecule has 1 fully saturated rings. The van der Waals surface area contributed by atoms with Crippen LogP contribution in [0, 0.1) is 6.92 Å². The summed E-state index contributed by atoms with van der Waals surface area (Å²) in [6, 6.07) is 8.09. The SMILES string of the molecule is CCN1CC(F)(c2cc3cc(-c4cnc(C)n4C)ccc3cn2)C1. The number of imidazole rings is 1. The highest BCUT2D eigenvalue weighted by Crippen LogP contribution is 2.36. The number of likely N-dealkylation sites (tertiary alicyclic amines) is 1. The third kappa shape index (κ3) is 2.31. The summed E-state index contributed by atoms with van der Waals surface area (Å²) in [5.74, 6) is 0.970. The Morgan fingerprint density at radius 1 is 1.12 bits per heavy atom. The number of likely N-dealkylation sites (N-methyl/N-ethyl adjacent to an activating group) is 1. The molecule has 4 nitrogen and oxygen atoms in total. The van der Waals surface area contributed by atoms with Crippen molar-refractivity contribution in [2.75, 3.05) is 19.6 Å². The van der Waals surface area contributed by atoms with Gasteiger partial charge in [-0.1, -0.05) is 19.1 Å². The fourth-order valence-corrected chi connectivity index (χ4v) is 3.36. The quantitative estimate of drug-likeness (QED) is 0.740. The van der Waals surface area contributed by atoms with Crippen LogP contribution in [-0.4, -0.2) is 39.1 Å². The maximum Gasteiger partial charge on any atom is 0.177 e. The number of rotatable bonds is 3. The molecule has 0 amide bonds. The van der Waals surface area contributed by atoms with Crippen LogP contribution in [0.3, 0.4) is 0 Å². The fraction of sp³-hybridized carbons (Fsp3) is 0.368. The molecule has 24 heavy (non-hydrogen) atoms. The van der Waals surface area contributed by atoms with Crippen LogP contribution >= 0.6 is 0 Å². The van der Waals surface area contributed by atoms with Crippen molar-refractivity contribution >= 4 is 10.8 Å². The summed E-state index contributed by atoms with van der Waals surface area (Å²) in [5.41, 5.74) is 1.37. The maximum absolute atomic E-state index is 15.0. The summed E-state index contributed by atoms with van der Waals surface area (Å²) in [5, 5.41) is 2.04. The normalized spacial score (nSPS) is 17.2. The number of hydrogen-bond acceptors (Lipinski definition) is 3. The molecule has 1 aliphatic heterocycles. The molecule has 0 atom stereocenters. The highest BCUT2D eigenvalue weighted by atomic mass is 19.1. The van der Waals surface area contributed by atoms with Gasteiger partial charge >= 0.3 is 0 Å². The summed E-state index contributed by atoms with van der Waals surface area (Å²) in [7, 11) is 2.00. The highest BCUT2D eigenvalue weighted by molar-refractivity contribution is 5.86.